The quantitative estimate of drug-likeness (QED) is 0.168. The second-order valence-corrected chi connectivity index (χ2v) is 7.36. The van der Waals surface area contributed by atoms with Crippen molar-refractivity contribution in [3.8, 4) is 0 Å². The Hall–Kier alpha value is -1.86. The number of allylic oxidation sites excluding steroid dienone is 8. The number of hydrogen-bond acceptors (Lipinski definition) is 4. The molecule has 0 radical (unpaired) electrons. The van der Waals surface area contributed by atoms with Crippen LogP contribution in [0.5, 0.6) is 0 Å². The molecule has 0 aromatic heterocycles. The summed E-state index contributed by atoms with van der Waals surface area (Å²) >= 11 is 0. The minimum atomic E-state index is -4.05. The third kappa shape index (κ3) is 21.2. The van der Waals surface area contributed by atoms with Crippen molar-refractivity contribution in [1.29, 1.82) is 0 Å². The summed E-state index contributed by atoms with van der Waals surface area (Å²) in [5.74, 6) is -0.161. The average Bonchev–Trinajstić information content (AvgIpc) is 2.71. The van der Waals surface area contributed by atoms with Crippen molar-refractivity contribution in [3.63, 3.8) is 0 Å². The molecule has 0 saturated carbocycles. The number of esters is 1. The van der Waals surface area contributed by atoms with Gasteiger partial charge in [0.05, 0.1) is 13.2 Å². The van der Waals surface area contributed by atoms with Gasteiger partial charge in [-0.25, -0.2) is 0 Å². The molecule has 4 nitrogen and oxygen atoms in total. The lowest BCUT2D eigenvalue weighted by Gasteiger charge is -2.11. The molecule has 0 aliphatic heterocycles. The summed E-state index contributed by atoms with van der Waals surface area (Å²) in [5, 5.41) is 17.7. The van der Waals surface area contributed by atoms with Gasteiger partial charge in [0, 0.05) is 12.8 Å². The van der Waals surface area contributed by atoms with Crippen LogP contribution in [0.3, 0.4) is 0 Å². The van der Waals surface area contributed by atoms with E-state index in [1.807, 2.05) is 31.2 Å². The second-order valence-electron chi connectivity index (χ2n) is 7.36. The van der Waals surface area contributed by atoms with Gasteiger partial charge in [-0.3, -0.25) is 4.79 Å². The first-order valence-electron chi connectivity index (χ1n) is 10.9. The minimum Gasteiger partial charge on any atom is -0.457 e. The van der Waals surface area contributed by atoms with E-state index in [1.54, 1.807) is 0 Å². The number of aliphatic hydroxyl groups excluding tert-OH is 2. The maximum Gasteiger partial charge on any atom is 0.389 e. The molecular formula is C24H37F3O4. The molecule has 7 heteroatoms. The van der Waals surface area contributed by atoms with E-state index in [9.17, 15) is 18.0 Å². The highest BCUT2D eigenvalue weighted by molar-refractivity contribution is 5.69. The van der Waals surface area contributed by atoms with Crippen molar-refractivity contribution in [2.75, 3.05) is 13.2 Å². The maximum absolute atomic E-state index is 12.0. The standard InChI is InChI=1S/C24H37F3O4/c1-21(16-12-9-10-14-18-24(25,26)27)15-11-7-5-3-2-4-6-8-13-17-23(30)31-22(19-28)20-29/h3-6,11-12,15-16,21-22,28-29H,2,7-10,13-14,17-20H2,1H3/b5-3-,6-4-,15-11-,16-12-/t21-/m1/s1. The summed E-state index contributed by atoms with van der Waals surface area (Å²) in [6.45, 7) is 1.28. The summed E-state index contributed by atoms with van der Waals surface area (Å²) in [6.07, 6.45) is 15.4. The van der Waals surface area contributed by atoms with E-state index < -0.39 is 24.7 Å². The minimum absolute atomic E-state index is 0.180. The average molecular weight is 447 g/mol. The van der Waals surface area contributed by atoms with Crippen LogP contribution in [0.1, 0.15) is 64.7 Å². The highest BCUT2D eigenvalue weighted by Crippen LogP contribution is 2.22. The van der Waals surface area contributed by atoms with E-state index in [0.29, 0.717) is 19.3 Å². The van der Waals surface area contributed by atoms with Crippen molar-refractivity contribution in [2.24, 2.45) is 5.92 Å². The molecule has 0 bridgehead atoms. The van der Waals surface area contributed by atoms with Crippen LogP contribution in [-0.4, -0.2) is 41.7 Å². The Kier molecular flexibility index (Phi) is 17.7. The molecule has 0 rings (SSSR count). The topological polar surface area (TPSA) is 66.8 Å². The van der Waals surface area contributed by atoms with Gasteiger partial charge in [0.1, 0.15) is 6.10 Å². The van der Waals surface area contributed by atoms with Crippen molar-refractivity contribution < 1.29 is 32.9 Å². The number of rotatable bonds is 17. The molecule has 0 spiro atoms. The Morgan fingerprint density at radius 3 is 2.10 bits per heavy atom. The number of hydrogen-bond donors (Lipinski definition) is 2. The summed E-state index contributed by atoms with van der Waals surface area (Å²) in [7, 11) is 0. The molecule has 1 atom stereocenters. The van der Waals surface area contributed by atoms with Gasteiger partial charge in [-0.15, -0.1) is 0 Å². The van der Waals surface area contributed by atoms with Crippen LogP contribution in [0.15, 0.2) is 48.6 Å². The molecule has 2 N–H and O–H groups in total. The van der Waals surface area contributed by atoms with Gasteiger partial charge >= 0.3 is 12.1 Å². The summed E-state index contributed by atoms with van der Waals surface area (Å²) in [4.78, 5) is 11.5. The lowest BCUT2D eigenvalue weighted by molar-refractivity contribution is -0.153. The summed E-state index contributed by atoms with van der Waals surface area (Å²) in [6, 6.07) is 0. The maximum atomic E-state index is 12.0. The van der Waals surface area contributed by atoms with E-state index in [2.05, 4.69) is 24.3 Å². The molecule has 31 heavy (non-hydrogen) atoms. The van der Waals surface area contributed by atoms with E-state index in [4.69, 9.17) is 14.9 Å². The van der Waals surface area contributed by atoms with Gasteiger partial charge in [-0.1, -0.05) is 55.5 Å². The van der Waals surface area contributed by atoms with Crippen LogP contribution in [-0.2, 0) is 9.53 Å². The number of halogens is 3. The smallest absolute Gasteiger partial charge is 0.389 e. The number of aliphatic hydroxyl groups is 2. The zero-order valence-corrected chi connectivity index (χ0v) is 18.4. The Morgan fingerprint density at radius 2 is 1.45 bits per heavy atom. The lowest BCUT2D eigenvalue weighted by Crippen LogP contribution is -2.25. The lowest BCUT2D eigenvalue weighted by atomic mass is 10.1. The van der Waals surface area contributed by atoms with Crippen LogP contribution < -0.4 is 0 Å². The number of carbonyl (C=O) groups is 1. The SMILES string of the molecule is C[C@H](/C=C\C/C=C\C/C=C\CCCC(=O)OC(CO)CO)/C=C\CCCCC(F)(F)F. The Bertz CT molecular complexity index is 562. The number of ether oxygens (including phenoxy) is 1. The molecule has 178 valence electrons. The molecular weight excluding hydrogens is 409 g/mol. The molecule has 0 aromatic rings. The fourth-order valence-corrected chi connectivity index (χ4v) is 2.56. The van der Waals surface area contributed by atoms with Gasteiger partial charge in [-0.2, -0.15) is 13.2 Å². The molecule has 0 saturated heterocycles. The zero-order chi connectivity index (χ0) is 23.4. The predicted molar refractivity (Wildman–Crippen MR) is 117 cm³/mol. The monoisotopic (exact) mass is 446 g/mol. The fraction of sp³-hybridized carbons (Fsp3) is 0.625. The van der Waals surface area contributed by atoms with Gasteiger partial charge in [-0.05, 0) is 50.9 Å². The number of carbonyl (C=O) groups excluding carboxylic acids is 1. The zero-order valence-electron chi connectivity index (χ0n) is 18.4. The first kappa shape index (κ1) is 29.1. The molecule has 0 heterocycles. The molecule has 0 fully saturated rings. The highest BCUT2D eigenvalue weighted by atomic mass is 19.4. The van der Waals surface area contributed by atoms with Gasteiger partial charge in [0.25, 0.3) is 0 Å². The first-order valence-corrected chi connectivity index (χ1v) is 10.9. The molecule has 0 unspecified atom stereocenters. The molecule has 0 aliphatic carbocycles. The van der Waals surface area contributed by atoms with E-state index in [0.717, 1.165) is 19.3 Å². The van der Waals surface area contributed by atoms with E-state index >= 15 is 0 Å². The predicted octanol–water partition coefficient (Wildman–Crippen LogP) is 5.82. The molecule has 0 amide bonds. The van der Waals surface area contributed by atoms with Crippen molar-refractivity contribution in [3.05, 3.63) is 48.6 Å². The van der Waals surface area contributed by atoms with Crippen molar-refractivity contribution in [1.82, 2.24) is 0 Å². The van der Waals surface area contributed by atoms with Crippen LogP contribution in [0.4, 0.5) is 13.2 Å². The van der Waals surface area contributed by atoms with Crippen LogP contribution >= 0.6 is 0 Å². The Labute approximate surface area is 184 Å². The third-order valence-electron chi connectivity index (χ3n) is 4.30. The number of alkyl halides is 3. The van der Waals surface area contributed by atoms with Crippen LogP contribution in [0.25, 0.3) is 0 Å². The largest absolute Gasteiger partial charge is 0.457 e. The third-order valence-corrected chi connectivity index (χ3v) is 4.30. The first-order chi connectivity index (χ1) is 14.8. The van der Waals surface area contributed by atoms with Crippen molar-refractivity contribution in [2.45, 2.75) is 77.0 Å². The van der Waals surface area contributed by atoms with E-state index in [-0.39, 0.29) is 32.0 Å². The van der Waals surface area contributed by atoms with Crippen molar-refractivity contribution >= 4 is 5.97 Å². The number of unbranched alkanes of at least 4 members (excludes halogenated alkanes) is 3. The summed E-state index contributed by atoms with van der Waals surface area (Å²) < 4.78 is 41.0. The molecule has 0 aliphatic rings. The molecule has 0 aromatic carbocycles. The fourth-order valence-electron chi connectivity index (χ4n) is 2.56. The Balaban J connectivity index is 3.72. The summed E-state index contributed by atoms with van der Waals surface area (Å²) in [5.41, 5.74) is 0. The normalized spacial score (nSPS) is 14.0. The van der Waals surface area contributed by atoms with Crippen LogP contribution in [0, 0.1) is 5.92 Å². The highest BCUT2D eigenvalue weighted by Gasteiger charge is 2.25. The Morgan fingerprint density at radius 1 is 0.871 bits per heavy atom. The van der Waals surface area contributed by atoms with Gasteiger partial charge in [0.15, 0.2) is 0 Å². The van der Waals surface area contributed by atoms with Gasteiger partial charge < -0.3 is 14.9 Å². The van der Waals surface area contributed by atoms with E-state index in [1.165, 1.54) is 0 Å². The van der Waals surface area contributed by atoms with Gasteiger partial charge in [0.2, 0.25) is 0 Å². The van der Waals surface area contributed by atoms with Crippen LogP contribution in [0.2, 0.25) is 0 Å². The second kappa shape index (κ2) is 18.9.